The molecular weight excluding hydrogens is 292 g/mol. The summed E-state index contributed by atoms with van der Waals surface area (Å²) < 4.78 is 5.10. The number of anilines is 2. The van der Waals surface area contributed by atoms with Crippen molar-refractivity contribution in [1.29, 1.82) is 0 Å². The molecule has 3 rings (SSSR count). The van der Waals surface area contributed by atoms with Gasteiger partial charge in [0, 0.05) is 44.2 Å². The van der Waals surface area contributed by atoms with E-state index in [0.29, 0.717) is 12.6 Å². The molecule has 0 saturated carbocycles. The molecule has 7 nitrogen and oxygen atoms in total. The van der Waals surface area contributed by atoms with Gasteiger partial charge in [-0.2, -0.15) is 0 Å². The van der Waals surface area contributed by atoms with Crippen LogP contribution in [0.4, 0.5) is 11.6 Å². The highest BCUT2D eigenvalue weighted by Crippen LogP contribution is 2.20. The van der Waals surface area contributed by atoms with E-state index in [-0.39, 0.29) is 0 Å². The normalized spacial score (nSPS) is 15.7. The molecule has 0 unspecified atom stereocenters. The Morgan fingerprint density at radius 3 is 2.83 bits per heavy atom. The third-order valence-corrected chi connectivity index (χ3v) is 3.94. The largest absolute Gasteiger partial charge is 0.377 e. The summed E-state index contributed by atoms with van der Waals surface area (Å²) in [5.74, 6) is 2.60. The van der Waals surface area contributed by atoms with E-state index in [1.807, 2.05) is 19.1 Å². The SMILES string of the molecule is COCc1nccc(N2CCC(Nc3cc(C)ncn3)CC2)n1. The lowest BCUT2D eigenvalue weighted by atomic mass is 10.1. The Labute approximate surface area is 136 Å². The number of piperidine rings is 1. The molecule has 1 fully saturated rings. The Morgan fingerprint density at radius 1 is 1.26 bits per heavy atom. The van der Waals surface area contributed by atoms with Gasteiger partial charge in [0.05, 0.1) is 0 Å². The van der Waals surface area contributed by atoms with E-state index < -0.39 is 0 Å². The Balaban J connectivity index is 1.57. The van der Waals surface area contributed by atoms with E-state index in [0.717, 1.165) is 49.1 Å². The molecule has 1 saturated heterocycles. The number of nitrogens with one attached hydrogen (secondary N) is 1. The second-order valence-electron chi connectivity index (χ2n) is 5.71. The molecule has 1 N–H and O–H groups in total. The molecule has 2 aromatic heterocycles. The Kier molecular flexibility index (Phi) is 4.97. The van der Waals surface area contributed by atoms with E-state index in [9.17, 15) is 0 Å². The summed E-state index contributed by atoms with van der Waals surface area (Å²) >= 11 is 0. The zero-order valence-corrected chi connectivity index (χ0v) is 13.6. The number of nitrogens with zero attached hydrogens (tertiary/aromatic N) is 5. The van der Waals surface area contributed by atoms with Gasteiger partial charge in [-0.1, -0.05) is 0 Å². The highest BCUT2D eigenvalue weighted by atomic mass is 16.5. The van der Waals surface area contributed by atoms with E-state index in [1.165, 1.54) is 0 Å². The topological polar surface area (TPSA) is 76.1 Å². The molecule has 0 atom stereocenters. The molecular formula is C16H22N6O. The quantitative estimate of drug-likeness (QED) is 0.901. The van der Waals surface area contributed by atoms with Crippen LogP contribution < -0.4 is 10.2 Å². The van der Waals surface area contributed by atoms with Gasteiger partial charge in [0.15, 0.2) is 5.82 Å². The van der Waals surface area contributed by atoms with Crippen LogP contribution in [0.5, 0.6) is 0 Å². The minimum absolute atomic E-state index is 0.431. The standard InChI is InChI=1S/C16H22N6O/c1-12-9-14(19-11-18-12)20-13-4-7-22(8-5-13)16-3-6-17-15(21-16)10-23-2/h3,6,9,11,13H,4-5,7-8,10H2,1-2H3,(H,18,19,20). The molecule has 1 aliphatic heterocycles. The lowest BCUT2D eigenvalue weighted by Gasteiger charge is -2.33. The second-order valence-corrected chi connectivity index (χ2v) is 5.71. The van der Waals surface area contributed by atoms with Crippen molar-refractivity contribution >= 4 is 11.6 Å². The van der Waals surface area contributed by atoms with Crippen molar-refractivity contribution in [2.24, 2.45) is 0 Å². The first-order valence-corrected chi connectivity index (χ1v) is 7.85. The molecule has 122 valence electrons. The first kappa shape index (κ1) is 15.6. The van der Waals surface area contributed by atoms with Gasteiger partial charge in [-0.05, 0) is 25.8 Å². The van der Waals surface area contributed by atoms with Crippen molar-refractivity contribution in [2.45, 2.75) is 32.4 Å². The van der Waals surface area contributed by atoms with Crippen LogP contribution >= 0.6 is 0 Å². The van der Waals surface area contributed by atoms with Crippen LogP contribution in [-0.2, 0) is 11.3 Å². The van der Waals surface area contributed by atoms with Crippen LogP contribution in [0.15, 0.2) is 24.7 Å². The van der Waals surface area contributed by atoms with E-state index in [1.54, 1.807) is 19.6 Å². The zero-order chi connectivity index (χ0) is 16.1. The number of aromatic nitrogens is 4. The van der Waals surface area contributed by atoms with Gasteiger partial charge in [0.25, 0.3) is 0 Å². The van der Waals surface area contributed by atoms with Crippen molar-refractivity contribution in [2.75, 3.05) is 30.4 Å². The minimum Gasteiger partial charge on any atom is -0.377 e. The summed E-state index contributed by atoms with van der Waals surface area (Å²) in [5.41, 5.74) is 0.978. The Hall–Kier alpha value is -2.28. The van der Waals surface area contributed by atoms with Crippen LogP contribution in [0.25, 0.3) is 0 Å². The van der Waals surface area contributed by atoms with E-state index in [4.69, 9.17) is 4.74 Å². The van der Waals surface area contributed by atoms with Crippen molar-refractivity contribution in [3.05, 3.63) is 36.2 Å². The van der Waals surface area contributed by atoms with Gasteiger partial charge in [-0.3, -0.25) is 0 Å². The molecule has 0 radical (unpaired) electrons. The molecule has 0 amide bonds. The second kappa shape index (κ2) is 7.32. The van der Waals surface area contributed by atoms with Crippen molar-refractivity contribution < 1.29 is 4.74 Å². The molecule has 0 bridgehead atoms. The van der Waals surface area contributed by atoms with Gasteiger partial charge < -0.3 is 15.0 Å². The molecule has 0 aromatic carbocycles. The first-order valence-electron chi connectivity index (χ1n) is 7.85. The summed E-state index contributed by atoms with van der Waals surface area (Å²) in [4.78, 5) is 19.5. The van der Waals surface area contributed by atoms with Crippen LogP contribution in [0.1, 0.15) is 24.4 Å². The number of hydrogen-bond donors (Lipinski definition) is 1. The fourth-order valence-corrected chi connectivity index (χ4v) is 2.76. The summed E-state index contributed by atoms with van der Waals surface area (Å²) in [6, 6.07) is 4.37. The van der Waals surface area contributed by atoms with Crippen molar-refractivity contribution in [3.8, 4) is 0 Å². The smallest absolute Gasteiger partial charge is 0.156 e. The molecule has 2 aromatic rings. The molecule has 0 spiro atoms. The summed E-state index contributed by atoms with van der Waals surface area (Å²) in [5, 5.41) is 3.49. The fourth-order valence-electron chi connectivity index (χ4n) is 2.76. The molecule has 23 heavy (non-hydrogen) atoms. The number of ether oxygens (including phenoxy) is 1. The third-order valence-electron chi connectivity index (χ3n) is 3.94. The zero-order valence-electron chi connectivity index (χ0n) is 13.6. The molecule has 0 aliphatic carbocycles. The summed E-state index contributed by atoms with van der Waals surface area (Å²) in [6.07, 6.45) is 5.50. The summed E-state index contributed by atoms with van der Waals surface area (Å²) in [7, 11) is 1.65. The Morgan fingerprint density at radius 2 is 2.09 bits per heavy atom. The highest BCUT2D eigenvalue weighted by molar-refractivity contribution is 5.40. The van der Waals surface area contributed by atoms with Crippen LogP contribution in [0.3, 0.4) is 0 Å². The maximum Gasteiger partial charge on any atom is 0.156 e. The van der Waals surface area contributed by atoms with Crippen LogP contribution in [-0.4, -0.2) is 46.2 Å². The number of rotatable bonds is 5. The Bertz CT molecular complexity index is 642. The van der Waals surface area contributed by atoms with Gasteiger partial charge >= 0.3 is 0 Å². The van der Waals surface area contributed by atoms with E-state index in [2.05, 4.69) is 30.2 Å². The molecule has 3 heterocycles. The lowest BCUT2D eigenvalue weighted by molar-refractivity contribution is 0.178. The first-order chi connectivity index (χ1) is 11.2. The number of methoxy groups -OCH3 is 1. The third kappa shape index (κ3) is 4.13. The predicted octanol–water partition coefficient (Wildman–Crippen LogP) is 1.80. The number of hydrogen-bond acceptors (Lipinski definition) is 7. The average Bonchev–Trinajstić information content (AvgIpc) is 2.56. The van der Waals surface area contributed by atoms with Gasteiger partial charge in [0.1, 0.15) is 24.6 Å². The van der Waals surface area contributed by atoms with Crippen molar-refractivity contribution in [1.82, 2.24) is 19.9 Å². The van der Waals surface area contributed by atoms with Crippen molar-refractivity contribution in [3.63, 3.8) is 0 Å². The maximum absolute atomic E-state index is 5.10. The minimum atomic E-state index is 0.431. The predicted molar refractivity (Wildman–Crippen MR) is 88.4 cm³/mol. The highest BCUT2D eigenvalue weighted by Gasteiger charge is 2.20. The van der Waals surface area contributed by atoms with Gasteiger partial charge in [-0.25, -0.2) is 19.9 Å². The van der Waals surface area contributed by atoms with Gasteiger partial charge in [0.2, 0.25) is 0 Å². The van der Waals surface area contributed by atoms with E-state index >= 15 is 0 Å². The lowest BCUT2D eigenvalue weighted by Crippen LogP contribution is -2.39. The van der Waals surface area contributed by atoms with Gasteiger partial charge in [-0.15, -0.1) is 0 Å². The maximum atomic E-state index is 5.10. The fraction of sp³-hybridized carbons (Fsp3) is 0.500. The average molecular weight is 314 g/mol. The van der Waals surface area contributed by atoms with Crippen LogP contribution in [0.2, 0.25) is 0 Å². The monoisotopic (exact) mass is 314 g/mol. The molecule has 7 heteroatoms. The number of aryl methyl sites for hydroxylation is 1. The van der Waals surface area contributed by atoms with Crippen LogP contribution in [0, 0.1) is 6.92 Å². The summed E-state index contributed by atoms with van der Waals surface area (Å²) in [6.45, 7) is 4.34. The molecule has 1 aliphatic rings.